The fourth-order valence-corrected chi connectivity index (χ4v) is 6.25. The van der Waals surface area contributed by atoms with E-state index in [1.165, 1.54) is 10.5 Å². The van der Waals surface area contributed by atoms with Gasteiger partial charge in [0.05, 0.1) is 36.6 Å². The molecule has 0 fully saturated rings. The minimum Gasteiger partial charge on any atom is -0.493 e. The normalized spacial score (nSPS) is 13.6. The van der Waals surface area contributed by atoms with Gasteiger partial charge >= 0.3 is 0 Å². The Morgan fingerprint density at radius 1 is 0.925 bits per heavy atom. The van der Waals surface area contributed by atoms with Crippen LogP contribution in [-0.4, -0.2) is 33.8 Å². The molecule has 1 N–H and O–H groups in total. The summed E-state index contributed by atoms with van der Waals surface area (Å²) in [5, 5.41) is 5.74. The number of carbonyl (C=O) groups is 1. The van der Waals surface area contributed by atoms with Gasteiger partial charge < -0.3 is 9.47 Å². The van der Waals surface area contributed by atoms with Crippen molar-refractivity contribution < 1.29 is 22.7 Å². The lowest BCUT2D eigenvalue weighted by molar-refractivity contribution is 0.0955. The molecule has 0 unspecified atom stereocenters. The second-order valence-corrected chi connectivity index (χ2v) is 11.3. The summed E-state index contributed by atoms with van der Waals surface area (Å²) < 4.78 is 39.5. The molecule has 0 aliphatic carbocycles. The first kappa shape index (κ1) is 27.2. The molecule has 0 radical (unpaired) electrons. The first-order valence-electron chi connectivity index (χ1n) is 13.3. The second-order valence-electron chi connectivity index (χ2n) is 9.44. The van der Waals surface area contributed by atoms with E-state index in [2.05, 4.69) is 10.5 Å². The van der Waals surface area contributed by atoms with E-state index >= 15 is 0 Å². The number of amides is 1. The van der Waals surface area contributed by atoms with E-state index in [0.717, 1.165) is 40.5 Å². The summed E-state index contributed by atoms with van der Waals surface area (Å²) >= 11 is 0. The fraction of sp³-hybridized carbons (Fsp3) is 0.226. The van der Waals surface area contributed by atoms with Crippen molar-refractivity contribution in [3.05, 3.63) is 95.6 Å². The van der Waals surface area contributed by atoms with Crippen molar-refractivity contribution >= 4 is 38.6 Å². The predicted molar refractivity (Wildman–Crippen MR) is 157 cm³/mol. The van der Waals surface area contributed by atoms with Crippen molar-refractivity contribution in [2.45, 2.75) is 38.1 Å². The number of hydrogen-bond donors (Lipinski definition) is 1. The quantitative estimate of drug-likeness (QED) is 0.183. The van der Waals surface area contributed by atoms with Crippen LogP contribution in [0.25, 0.3) is 10.8 Å². The van der Waals surface area contributed by atoms with Crippen molar-refractivity contribution in [3.63, 3.8) is 0 Å². The van der Waals surface area contributed by atoms with Gasteiger partial charge in [0.2, 0.25) is 0 Å². The van der Waals surface area contributed by atoms with Gasteiger partial charge in [0.25, 0.3) is 15.9 Å². The Balaban J connectivity index is 1.26. The van der Waals surface area contributed by atoms with Crippen LogP contribution < -0.4 is 19.2 Å². The van der Waals surface area contributed by atoms with Crippen molar-refractivity contribution in [1.82, 2.24) is 5.43 Å². The number of ether oxygens (including phenoxy) is 2. The minimum absolute atomic E-state index is 0.161. The van der Waals surface area contributed by atoms with E-state index in [4.69, 9.17) is 9.47 Å². The Labute approximate surface area is 234 Å². The van der Waals surface area contributed by atoms with Crippen LogP contribution in [0, 0.1) is 0 Å². The molecule has 0 saturated heterocycles. The fourth-order valence-electron chi connectivity index (χ4n) is 4.55. The van der Waals surface area contributed by atoms with Gasteiger partial charge in [0, 0.05) is 22.6 Å². The summed E-state index contributed by atoms with van der Waals surface area (Å²) in [5.41, 5.74) is 5.09. The van der Waals surface area contributed by atoms with E-state index in [0.29, 0.717) is 35.1 Å². The molecule has 5 rings (SSSR count). The molecule has 206 valence electrons. The third kappa shape index (κ3) is 5.51. The van der Waals surface area contributed by atoms with Crippen LogP contribution in [-0.2, 0) is 16.6 Å². The van der Waals surface area contributed by atoms with Gasteiger partial charge in [-0.05, 0) is 60.2 Å². The van der Waals surface area contributed by atoms with E-state index in [1.54, 1.807) is 36.4 Å². The predicted octanol–water partition coefficient (Wildman–Crippen LogP) is 5.89. The summed E-state index contributed by atoms with van der Waals surface area (Å²) in [4.78, 5) is 13.0. The molecule has 1 aliphatic heterocycles. The van der Waals surface area contributed by atoms with Crippen LogP contribution in [0.2, 0.25) is 0 Å². The third-order valence-electron chi connectivity index (χ3n) is 6.51. The molecule has 8 nitrogen and oxygen atoms in total. The largest absolute Gasteiger partial charge is 0.493 e. The molecule has 40 heavy (non-hydrogen) atoms. The van der Waals surface area contributed by atoms with Gasteiger partial charge in [-0.15, -0.1) is 0 Å². The first-order chi connectivity index (χ1) is 19.4. The Morgan fingerprint density at radius 2 is 1.65 bits per heavy atom. The molecule has 4 aromatic rings. The molecule has 0 aromatic heterocycles. The van der Waals surface area contributed by atoms with E-state index in [-0.39, 0.29) is 12.5 Å². The average Bonchev–Trinajstić information content (AvgIpc) is 3.19. The maximum atomic E-state index is 13.3. The molecule has 1 aliphatic rings. The number of rotatable bonds is 11. The van der Waals surface area contributed by atoms with Crippen LogP contribution in [0.3, 0.4) is 0 Å². The van der Waals surface area contributed by atoms with Gasteiger partial charge in [0.15, 0.2) is 0 Å². The van der Waals surface area contributed by atoms with Crippen LogP contribution in [0.5, 0.6) is 11.5 Å². The highest BCUT2D eigenvalue weighted by Crippen LogP contribution is 2.42. The highest BCUT2D eigenvalue weighted by molar-refractivity contribution is 7.93. The Bertz CT molecular complexity index is 1660. The van der Waals surface area contributed by atoms with Gasteiger partial charge in [-0.3, -0.25) is 9.10 Å². The topological polar surface area (TPSA) is 97.3 Å². The first-order valence-corrected chi connectivity index (χ1v) is 14.7. The number of hydrogen-bond acceptors (Lipinski definition) is 6. The Hall–Kier alpha value is -4.37. The molecule has 1 heterocycles. The zero-order valence-corrected chi connectivity index (χ0v) is 23.3. The number of nitrogens with zero attached hydrogens (tertiary/aromatic N) is 2. The molecule has 1 amide bonds. The van der Waals surface area contributed by atoms with Crippen molar-refractivity contribution in [3.8, 4) is 11.5 Å². The highest BCUT2D eigenvalue weighted by Gasteiger charge is 2.35. The number of carbonyl (C=O) groups excluding carboxylic acids is 1. The van der Waals surface area contributed by atoms with Crippen molar-refractivity contribution in [2.75, 3.05) is 17.5 Å². The van der Waals surface area contributed by atoms with Crippen LogP contribution >= 0.6 is 0 Å². The van der Waals surface area contributed by atoms with Crippen LogP contribution in [0.4, 0.5) is 5.69 Å². The lowest BCUT2D eigenvalue weighted by atomic mass is 10.1. The lowest BCUT2D eigenvalue weighted by Gasteiger charge is -2.19. The SMILES string of the molecule is CCCOc1ccc(C=NNC(=O)c2ccc(CN3c4cccc5cccc(c45)S3(=O)=O)cc2)c(OCCC)c1. The Morgan fingerprint density at radius 3 is 2.40 bits per heavy atom. The molecule has 0 bridgehead atoms. The summed E-state index contributed by atoms with van der Waals surface area (Å²) in [6.45, 7) is 5.40. The minimum atomic E-state index is -3.66. The third-order valence-corrected chi connectivity index (χ3v) is 8.31. The monoisotopic (exact) mass is 557 g/mol. The number of hydrazone groups is 1. The maximum Gasteiger partial charge on any atom is 0.271 e. The van der Waals surface area contributed by atoms with E-state index in [9.17, 15) is 13.2 Å². The number of sulfonamides is 1. The smallest absolute Gasteiger partial charge is 0.271 e. The van der Waals surface area contributed by atoms with Crippen LogP contribution in [0.1, 0.15) is 48.2 Å². The van der Waals surface area contributed by atoms with Crippen molar-refractivity contribution in [1.29, 1.82) is 0 Å². The van der Waals surface area contributed by atoms with Crippen LogP contribution in [0.15, 0.2) is 88.9 Å². The summed E-state index contributed by atoms with van der Waals surface area (Å²) in [5.74, 6) is 0.969. The lowest BCUT2D eigenvalue weighted by Crippen LogP contribution is -2.26. The number of benzene rings is 4. The second kappa shape index (κ2) is 11.8. The van der Waals surface area contributed by atoms with Gasteiger partial charge in [-0.2, -0.15) is 5.10 Å². The number of anilines is 1. The molecular formula is C31H31N3O5S. The molecule has 4 aromatic carbocycles. The van der Waals surface area contributed by atoms with E-state index in [1.807, 2.05) is 56.3 Å². The van der Waals surface area contributed by atoms with E-state index < -0.39 is 10.0 Å². The molecule has 0 atom stereocenters. The summed E-state index contributed by atoms with van der Waals surface area (Å²) in [7, 11) is -3.66. The zero-order chi connectivity index (χ0) is 28.1. The molecule has 0 saturated carbocycles. The Kier molecular flexibility index (Phi) is 8.02. The maximum absolute atomic E-state index is 13.3. The standard InChI is InChI=1S/C31H31N3O5S/c1-3-17-38-26-16-15-25(28(19-26)39-18-4-2)20-32-33-31(35)24-13-11-22(12-14-24)21-34-27-9-5-7-23-8-6-10-29(30(23)27)40(34,36)37/h5-16,19-20H,3-4,17-18,21H2,1-2H3,(H,33,35). The average molecular weight is 558 g/mol. The van der Waals surface area contributed by atoms with Gasteiger partial charge in [0.1, 0.15) is 11.5 Å². The summed E-state index contributed by atoms with van der Waals surface area (Å²) in [6, 6.07) is 23.2. The van der Waals surface area contributed by atoms with Gasteiger partial charge in [-0.1, -0.05) is 50.2 Å². The highest BCUT2D eigenvalue weighted by atomic mass is 32.2. The summed E-state index contributed by atoms with van der Waals surface area (Å²) in [6.07, 6.45) is 3.30. The zero-order valence-electron chi connectivity index (χ0n) is 22.5. The van der Waals surface area contributed by atoms with Crippen molar-refractivity contribution in [2.24, 2.45) is 5.10 Å². The molecular weight excluding hydrogens is 526 g/mol. The van der Waals surface area contributed by atoms with Gasteiger partial charge in [-0.25, -0.2) is 13.8 Å². The molecule has 0 spiro atoms. The number of nitrogens with one attached hydrogen (secondary N) is 1. The molecule has 9 heteroatoms.